The molecule has 2 heterocycles. The lowest BCUT2D eigenvalue weighted by Crippen LogP contribution is -2.12. The lowest BCUT2D eigenvalue weighted by molar-refractivity contribution is 0.0526. The Bertz CT molecular complexity index is 843. The molecule has 0 bridgehead atoms. The monoisotopic (exact) mass is 360 g/mol. The van der Waals surface area contributed by atoms with Crippen LogP contribution < -0.4 is 5.73 Å². The summed E-state index contributed by atoms with van der Waals surface area (Å²) in [5, 5.41) is 4.42. The zero-order chi connectivity index (χ0) is 15.7. The molecule has 0 spiro atoms. The van der Waals surface area contributed by atoms with Crippen molar-refractivity contribution in [2.24, 2.45) is 0 Å². The second-order valence-corrected chi connectivity index (χ2v) is 5.50. The van der Waals surface area contributed by atoms with E-state index in [4.69, 9.17) is 10.5 Å². The number of rotatable bonds is 3. The topological polar surface area (TPSA) is 82.5 Å². The minimum atomic E-state index is -0.505. The summed E-state index contributed by atoms with van der Waals surface area (Å²) in [5.74, 6) is -0.290. The molecular formula is C15H13BrN4O2. The normalized spacial score (nSPS) is 10.8. The quantitative estimate of drug-likeness (QED) is 0.726. The molecule has 3 aromatic rings. The third-order valence-corrected chi connectivity index (χ3v) is 3.68. The van der Waals surface area contributed by atoms with E-state index in [-0.39, 0.29) is 18.0 Å². The predicted molar refractivity (Wildman–Crippen MR) is 86.5 cm³/mol. The minimum Gasteiger partial charge on any atom is -0.462 e. The van der Waals surface area contributed by atoms with Gasteiger partial charge in [0.15, 0.2) is 5.65 Å². The number of nitrogen functional groups attached to an aromatic ring is 1. The lowest BCUT2D eigenvalue weighted by atomic mass is 10.2. The summed E-state index contributed by atoms with van der Waals surface area (Å²) in [6.45, 7) is 2.01. The number of ether oxygens (including phenoxy) is 1. The average molecular weight is 361 g/mol. The third-order valence-electron chi connectivity index (χ3n) is 3.16. The summed E-state index contributed by atoms with van der Waals surface area (Å²) in [4.78, 5) is 16.1. The van der Waals surface area contributed by atoms with Crippen LogP contribution in [0.3, 0.4) is 0 Å². The maximum Gasteiger partial charge on any atom is 0.343 e. The SMILES string of the molecule is CCOC(=O)c1cnc2cc(-c3ccc(Br)cc3)nn2c1N. The molecule has 0 amide bonds. The fourth-order valence-corrected chi connectivity index (χ4v) is 2.34. The Morgan fingerprint density at radius 2 is 2.09 bits per heavy atom. The highest BCUT2D eigenvalue weighted by atomic mass is 79.9. The first-order valence-corrected chi connectivity index (χ1v) is 7.46. The van der Waals surface area contributed by atoms with Gasteiger partial charge in [-0.3, -0.25) is 0 Å². The Balaban J connectivity index is 2.08. The second-order valence-electron chi connectivity index (χ2n) is 4.58. The van der Waals surface area contributed by atoms with Crippen LogP contribution in [0.2, 0.25) is 0 Å². The van der Waals surface area contributed by atoms with Crippen molar-refractivity contribution in [1.29, 1.82) is 0 Å². The first-order valence-electron chi connectivity index (χ1n) is 6.67. The van der Waals surface area contributed by atoms with Crippen molar-refractivity contribution in [2.45, 2.75) is 6.92 Å². The maximum atomic E-state index is 11.8. The molecule has 22 heavy (non-hydrogen) atoms. The lowest BCUT2D eigenvalue weighted by Gasteiger charge is -2.05. The molecule has 0 fully saturated rings. The number of hydrogen-bond acceptors (Lipinski definition) is 5. The average Bonchev–Trinajstić information content (AvgIpc) is 2.93. The molecule has 2 N–H and O–H groups in total. The van der Waals surface area contributed by atoms with Crippen LogP contribution in [0.1, 0.15) is 17.3 Å². The highest BCUT2D eigenvalue weighted by Crippen LogP contribution is 2.23. The van der Waals surface area contributed by atoms with Gasteiger partial charge >= 0.3 is 5.97 Å². The molecule has 6 nitrogen and oxygen atoms in total. The van der Waals surface area contributed by atoms with Crippen LogP contribution in [0.15, 0.2) is 41.0 Å². The Hall–Kier alpha value is -2.41. The number of esters is 1. The van der Waals surface area contributed by atoms with Crippen LogP contribution in [-0.2, 0) is 4.74 Å². The van der Waals surface area contributed by atoms with Crippen LogP contribution in [0, 0.1) is 0 Å². The molecule has 0 saturated heterocycles. The van der Waals surface area contributed by atoms with Crippen molar-refractivity contribution in [3.63, 3.8) is 0 Å². The molecule has 3 rings (SSSR count). The summed E-state index contributed by atoms with van der Waals surface area (Å²) in [6.07, 6.45) is 1.41. The molecule has 0 atom stereocenters. The molecule has 1 aromatic carbocycles. The van der Waals surface area contributed by atoms with Gasteiger partial charge in [0.2, 0.25) is 0 Å². The highest BCUT2D eigenvalue weighted by Gasteiger charge is 2.16. The summed E-state index contributed by atoms with van der Waals surface area (Å²) >= 11 is 3.40. The summed E-state index contributed by atoms with van der Waals surface area (Å²) in [7, 11) is 0. The van der Waals surface area contributed by atoms with Gasteiger partial charge in [-0.05, 0) is 19.1 Å². The molecule has 0 saturated carbocycles. The molecule has 0 aliphatic rings. The molecule has 0 radical (unpaired) electrons. The number of anilines is 1. The van der Waals surface area contributed by atoms with Crippen LogP contribution in [0.25, 0.3) is 16.9 Å². The van der Waals surface area contributed by atoms with Gasteiger partial charge in [-0.15, -0.1) is 0 Å². The highest BCUT2D eigenvalue weighted by molar-refractivity contribution is 9.10. The van der Waals surface area contributed by atoms with E-state index in [1.54, 1.807) is 6.92 Å². The van der Waals surface area contributed by atoms with Gasteiger partial charge in [0, 0.05) is 22.3 Å². The van der Waals surface area contributed by atoms with Crippen molar-refractivity contribution >= 4 is 33.4 Å². The maximum absolute atomic E-state index is 11.8. The van der Waals surface area contributed by atoms with E-state index in [0.29, 0.717) is 5.65 Å². The van der Waals surface area contributed by atoms with E-state index in [1.165, 1.54) is 10.7 Å². The summed E-state index contributed by atoms with van der Waals surface area (Å²) < 4.78 is 7.39. The number of halogens is 1. The number of nitrogens with two attached hydrogens (primary N) is 1. The Labute approximate surface area is 135 Å². The van der Waals surface area contributed by atoms with E-state index in [9.17, 15) is 4.79 Å². The Morgan fingerprint density at radius 1 is 1.36 bits per heavy atom. The van der Waals surface area contributed by atoms with Crippen LogP contribution in [-0.4, -0.2) is 27.2 Å². The zero-order valence-electron chi connectivity index (χ0n) is 11.8. The largest absolute Gasteiger partial charge is 0.462 e. The molecule has 0 aliphatic heterocycles. The van der Waals surface area contributed by atoms with Crippen molar-refractivity contribution in [3.8, 4) is 11.3 Å². The van der Waals surface area contributed by atoms with Crippen molar-refractivity contribution in [2.75, 3.05) is 12.3 Å². The van der Waals surface area contributed by atoms with E-state index in [2.05, 4.69) is 26.0 Å². The van der Waals surface area contributed by atoms with E-state index in [1.807, 2.05) is 30.3 Å². The van der Waals surface area contributed by atoms with Crippen molar-refractivity contribution in [1.82, 2.24) is 14.6 Å². The Morgan fingerprint density at radius 3 is 2.77 bits per heavy atom. The van der Waals surface area contributed by atoms with E-state index in [0.717, 1.165) is 15.7 Å². The van der Waals surface area contributed by atoms with Gasteiger partial charge in [0.25, 0.3) is 0 Å². The number of aromatic nitrogens is 3. The van der Waals surface area contributed by atoms with Gasteiger partial charge < -0.3 is 10.5 Å². The second kappa shape index (κ2) is 5.76. The number of benzene rings is 1. The molecule has 2 aromatic heterocycles. The van der Waals surface area contributed by atoms with Gasteiger partial charge in [0.05, 0.1) is 12.3 Å². The fourth-order valence-electron chi connectivity index (χ4n) is 2.08. The number of carbonyl (C=O) groups is 1. The molecule has 0 aliphatic carbocycles. The Kier molecular flexibility index (Phi) is 3.81. The minimum absolute atomic E-state index is 0.208. The smallest absolute Gasteiger partial charge is 0.343 e. The first-order chi connectivity index (χ1) is 10.6. The van der Waals surface area contributed by atoms with Crippen LogP contribution in [0.5, 0.6) is 0 Å². The van der Waals surface area contributed by atoms with Crippen molar-refractivity contribution < 1.29 is 9.53 Å². The van der Waals surface area contributed by atoms with E-state index < -0.39 is 5.97 Å². The van der Waals surface area contributed by atoms with Crippen LogP contribution in [0.4, 0.5) is 5.82 Å². The number of carbonyl (C=O) groups excluding carboxylic acids is 1. The number of hydrogen-bond donors (Lipinski definition) is 1. The molecular weight excluding hydrogens is 348 g/mol. The number of fused-ring (bicyclic) bond motifs is 1. The predicted octanol–water partition coefficient (Wildman–Crippen LogP) is 2.92. The molecule has 112 valence electrons. The van der Waals surface area contributed by atoms with Crippen molar-refractivity contribution in [3.05, 3.63) is 46.6 Å². The van der Waals surface area contributed by atoms with E-state index >= 15 is 0 Å². The summed E-state index contributed by atoms with van der Waals surface area (Å²) in [6, 6.07) is 9.55. The molecule has 0 unspecified atom stereocenters. The van der Waals surface area contributed by atoms with Gasteiger partial charge in [0.1, 0.15) is 11.4 Å². The molecule has 7 heteroatoms. The van der Waals surface area contributed by atoms with Gasteiger partial charge in [-0.1, -0.05) is 28.1 Å². The van der Waals surface area contributed by atoms with Gasteiger partial charge in [-0.2, -0.15) is 9.61 Å². The standard InChI is InChI=1S/C15H13BrN4O2/c1-2-22-15(21)11-8-18-13-7-12(19-20(13)14(11)17)9-3-5-10(16)6-4-9/h3-8H,2,17H2,1H3. The zero-order valence-corrected chi connectivity index (χ0v) is 13.4. The fraction of sp³-hybridized carbons (Fsp3) is 0.133. The number of nitrogens with zero attached hydrogens (tertiary/aromatic N) is 3. The van der Waals surface area contributed by atoms with Crippen LogP contribution >= 0.6 is 15.9 Å². The van der Waals surface area contributed by atoms with Gasteiger partial charge in [-0.25, -0.2) is 9.78 Å². The summed E-state index contributed by atoms with van der Waals surface area (Å²) in [5.41, 5.74) is 8.46. The first kappa shape index (κ1) is 14.5. The third kappa shape index (κ3) is 2.55.